The molecule has 16 heavy (non-hydrogen) atoms. The Morgan fingerprint density at radius 1 is 1.38 bits per heavy atom. The van der Waals surface area contributed by atoms with Crippen molar-refractivity contribution >= 4 is 5.69 Å². The van der Waals surface area contributed by atoms with Gasteiger partial charge in [0, 0.05) is 25.5 Å². The molecule has 0 unspecified atom stereocenters. The summed E-state index contributed by atoms with van der Waals surface area (Å²) in [7, 11) is 1.83. The van der Waals surface area contributed by atoms with E-state index in [1.54, 1.807) is 11.1 Å². The number of rotatable bonds is 5. The van der Waals surface area contributed by atoms with Crippen molar-refractivity contribution in [2.75, 3.05) is 25.5 Å². The maximum absolute atomic E-state index is 8.61. The summed E-state index contributed by atoms with van der Waals surface area (Å²) in [6.07, 6.45) is 1.71. The molecule has 0 saturated carbocycles. The van der Waals surface area contributed by atoms with E-state index >= 15 is 0 Å². The van der Waals surface area contributed by atoms with Crippen LogP contribution in [0.5, 0.6) is 0 Å². The number of aromatic nitrogens is 1. The molecule has 82 valence electrons. The van der Waals surface area contributed by atoms with E-state index in [0.29, 0.717) is 6.54 Å². The largest absolute Gasteiger partial charge is 0.388 e. The number of hydrogen-bond donors (Lipinski definition) is 1. The molecule has 0 aliphatic heterocycles. The number of nitriles is 2. The fourth-order valence-electron chi connectivity index (χ4n) is 1.32. The van der Waals surface area contributed by atoms with Crippen LogP contribution < -0.4 is 5.32 Å². The van der Waals surface area contributed by atoms with Crippen molar-refractivity contribution in [1.82, 2.24) is 9.88 Å². The molecule has 5 nitrogen and oxygen atoms in total. The summed E-state index contributed by atoms with van der Waals surface area (Å²) in [5, 5.41) is 20.2. The van der Waals surface area contributed by atoms with Gasteiger partial charge in [-0.15, -0.1) is 0 Å². The van der Waals surface area contributed by atoms with Crippen molar-refractivity contribution in [2.24, 2.45) is 0 Å². The Morgan fingerprint density at radius 2 is 2.06 bits per heavy atom. The summed E-state index contributed by atoms with van der Waals surface area (Å²) in [6.45, 7) is 0.981. The first-order chi connectivity index (χ1) is 7.80. The van der Waals surface area contributed by atoms with Crippen molar-refractivity contribution in [3.63, 3.8) is 0 Å². The van der Waals surface area contributed by atoms with Gasteiger partial charge in [0.2, 0.25) is 0 Å². The van der Waals surface area contributed by atoms with Crippen LogP contribution in [0.1, 0.15) is 5.69 Å². The predicted octanol–water partition coefficient (Wildman–Crippen LogP) is 0.972. The normalized spacial score (nSPS) is 9.50. The quantitative estimate of drug-likeness (QED) is 0.741. The summed E-state index contributed by atoms with van der Waals surface area (Å²) in [5.74, 6) is 0. The van der Waals surface area contributed by atoms with Crippen molar-refractivity contribution in [1.29, 1.82) is 10.5 Å². The van der Waals surface area contributed by atoms with E-state index in [9.17, 15) is 0 Å². The van der Waals surface area contributed by atoms with E-state index < -0.39 is 0 Å². The minimum absolute atomic E-state index is 0.235. The second-order valence-electron chi connectivity index (χ2n) is 3.25. The molecule has 0 fully saturated rings. The van der Waals surface area contributed by atoms with Gasteiger partial charge in [-0.25, -0.2) is 0 Å². The van der Waals surface area contributed by atoms with E-state index in [1.807, 2.05) is 31.3 Å². The van der Waals surface area contributed by atoms with Gasteiger partial charge in [-0.05, 0) is 12.1 Å². The smallest absolute Gasteiger partial charge is 0.0877 e. The van der Waals surface area contributed by atoms with Crippen molar-refractivity contribution in [3.8, 4) is 12.1 Å². The van der Waals surface area contributed by atoms with Gasteiger partial charge >= 0.3 is 0 Å². The average Bonchev–Trinajstić information content (AvgIpc) is 2.30. The van der Waals surface area contributed by atoms with E-state index in [2.05, 4.69) is 10.3 Å². The number of hydrogen-bond acceptors (Lipinski definition) is 5. The van der Waals surface area contributed by atoms with Gasteiger partial charge in [-0.2, -0.15) is 10.5 Å². The zero-order valence-electron chi connectivity index (χ0n) is 9.14. The molecule has 0 spiro atoms. The summed E-state index contributed by atoms with van der Waals surface area (Å²) in [5.41, 5.74) is 1.82. The van der Waals surface area contributed by atoms with Crippen molar-refractivity contribution < 1.29 is 0 Å². The molecule has 1 heterocycles. The molecule has 1 rings (SSSR count). The second kappa shape index (κ2) is 6.39. The summed E-state index contributed by atoms with van der Waals surface area (Å²) >= 11 is 0. The molecule has 1 aromatic rings. The monoisotopic (exact) mass is 215 g/mol. The lowest BCUT2D eigenvalue weighted by atomic mass is 10.3. The molecule has 1 aromatic heterocycles. The van der Waals surface area contributed by atoms with Crippen LogP contribution in [0.3, 0.4) is 0 Å². The fourth-order valence-corrected chi connectivity index (χ4v) is 1.32. The van der Waals surface area contributed by atoms with E-state index in [1.165, 1.54) is 0 Å². The molecule has 1 N–H and O–H groups in total. The highest BCUT2D eigenvalue weighted by atomic mass is 15.1. The first-order valence-electron chi connectivity index (χ1n) is 4.89. The number of nitrogens with zero attached hydrogens (tertiary/aromatic N) is 4. The standard InChI is InChI=1S/C11H13N5/c1-14-10-2-5-15-11(8-10)9-16(6-3-12)7-4-13/h2,5,8H,6-7,9H2,1H3,(H,14,15). The summed E-state index contributed by atoms with van der Waals surface area (Å²) in [6, 6.07) is 7.83. The van der Waals surface area contributed by atoms with Gasteiger partial charge in [-0.3, -0.25) is 9.88 Å². The molecule has 0 aliphatic carbocycles. The van der Waals surface area contributed by atoms with E-state index in [4.69, 9.17) is 10.5 Å². The predicted molar refractivity (Wildman–Crippen MR) is 60.3 cm³/mol. The van der Waals surface area contributed by atoms with Gasteiger partial charge in [-0.1, -0.05) is 0 Å². The van der Waals surface area contributed by atoms with Crippen LogP contribution in [0.15, 0.2) is 18.3 Å². The minimum Gasteiger partial charge on any atom is -0.388 e. The van der Waals surface area contributed by atoms with Crippen LogP contribution in [0.25, 0.3) is 0 Å². The Balaban J connectivity index is 2.70. The third-order valence-corrected chi connectivity index (χ3v) is 2.08. The average molecular weight is 215 g/mol. The zero-order chi connectivity index (χ0) is 11.8. The topological polar surface area (TPSA) is 75.7 Å². The lowest BCUT2D eigenvalue weighted by Gasteiger charge is -2.14. The fraction of sp³-hybridized carbons (Fsp3) is 0.364. The third kappa shape index (κ3) is 3.56. The Labute approximate surface area is 94.9 Å². The number of nitrogens with one attached hydrogen (secondary N) is 1. The van der Waals surface area contributed by atoms with Gasteiger partial charge in [0.25, 0.3) is 0 Å². The third-order valence-electron chi connectivity index (χ3n) is 2.08. The maximum Gasteiger partial charge on any atom is 0.0877 e. The highest BCUT2D eigenvalue weighted by molar-refractivity contribution is 5.42. The van der Waals surface area contributed by atoms with Crippen LogP contribution in [0.4, 0.5) is 5.69 Å². The molecule has 0 atom stereocenters. The Kier molecular flexibility index (Phi) is 4.78. The molecule has 0 saturated heterocycles. The van der Waals surface area contributed by atoms with Gasteiger partial charge in [0.1, 0.15) is 0 Å². The van der Waals surface area contributed by atoms with Crippen LogP contribution in [-0.4, -0.2) is 30.0 Å². The highest BCUT2D eigenvalue weighted by Gasteiger charge is 2.05. The maximum atomic E-state index is 8.61. The van der Waals surface area contributed by atoms with Crippen LogP contribution in [0, 0.1) is 22.7 Å². The van der Waals surface area contributed by atoms with Crippen LogP contribution in [-0.2, 0) is 6.54 Å². The van der Waals surface area contributed by atoms with E-state index in [-0.39, 0.29) is 13.1 Å². The minimum atomic E-state index is 0.235. The molecular formula is C11H13N5. The van der Waals surface area contributed by atoms with Crippen molar-refractivity contribution in [3.05, 3.63) is 24.0 Å². The molecular weight excluding hydrogens is 202 g/mol. The molecule has 0 radical (unpaired) electrons. The zero-order valence-corrected chi connectivity index (χ0v) is 9.14. The van der Waals surface area contributed by atoms with Crippen LogP contribution >= 0.6 is 0 Å². The number of anilines is 1. The number of pyridine rings is 1. The summed E-state index contributed by atoms with van der Waals surface area (Å²) in [4.78, 5) is 5.93. The SMILES string of the molecule is CNc1ccnc(CN(CC#N)CC#N)c1. The first-order valence-corrected chi connectivity index (χ1v) is 4.89. The molecule has 0 aromatic carbocycles. The van der Waals surface area contributed by atoms with Gasteiger partial charge < -0.3 is 5.32 Å². The molecule has 0 bridgehead atoms. The van der Waals surface area contributed by atoms with Gasteiger partial charge in [0.05, 0.1) is 30.9 Å². The second-order valence-corrected chi connectivity index (χ2v) is 3.25. The Bertz CT molecular complexity index is 399. The lowest BCUT2D eigenvalue weighted by molar-refractivity contribution is 0.330. The van der Waals surface area contributed by atoms with Crippen LogP contribution in [0.2, 0.25) is 0 Å². The van der Waals surface area contributed by atoms with E-state index in [0.717, 1.165) is 11.4 Å². The van der Waals surface area contributed by atoms with Gasteiger partial charge in [0.15, 0.2) is 0 Å². The lowest BCUT2D eigenvalue weighted by Crippen LogP contribution is -2.24. The molecule has 0 aliphatic rings. The Hall–Kier alpha value is -2.11. The Morgan fingerprint density at radius 3 is 2.62 bits per heavy atom. The molecule has 0 amide bonds. The highest BCUT2D eigenvalue weighted by Crippen LogP contribution is 2.08. The van der Waals surface area contributed by atoms with Crippen molar-refractivity contribution in [2.45, 2.75) is 6.54 Å². The first kappa shape index (κ1) is 12.0. The molecule has 5 heteroatoms. The summed E-state index contributed by atoms with van der Waals surface area (Å²) < 4.78 is 0.